The van der Waals surface area contributed by atoms with E-state index in [9.17, 15) is 4.39 Å². The van der Waals surface area contributed by atoms with Crippen LogP contribution in [0.25, 0.3) is 0 Å². The lowest BCUT2D eigenvalue weighted by Gasteiger charge is -2.18. The average Bonchev–Trinajstić information content (AvgIpc) is 3.27. The van der Waals surface area contributed by atoms with Gasteiger partial charge in [0.25, 0.3) is 0 Å². The van der Waals surface area contributed by atoms with E-state index in [0.717, 1.165) is 50.5 Å². The molecule has 0 bridgehead atoms. The molecule has 2 N–H and O–H groups in total. The molecule has 1 aromatic carbocycles. The van der Waals surface area contributed by atoms with E-state index in [4.69, 9.17) is 4.99 Å². The summed E-state index contributed by atoms with van der Waals surface area (Å²) in [5, 5.41) is 6.85. The minimum absolute atomic E-state index is 0.0385. The lowest BCUT2D eigenvalue weighted by atomic mass is 9.96. The zero-order valence-electron chi connectivity index (χ0n) is 15.5. The van der Waals surface area contributed by atoms with Crippen molar-refractivity contribution in [2.24, 2.45) is 10.9 Å². The normalized spacial score (nSPS) is 22.8. The average molecular weight is 346 g/mol. The topological polar surface area (TPSA) is 39.7 Å². The van der Waals surface area contributed by atoms with Crippen LogP contribution >= 0.6 is 0 Å². The number of rotatable bonds is 7. The summed E-state index contributed by atoms with van der Waals surface area (Å²) >= 11 is 0. The maximum absolute atomic E-state index is 13.5. The summed E-state index contributed by atoms with van der Waals surface area (Å²) in [7, 11) is 0. The largest absolute Gasteiger partial charge is 0.357 e. The first kappa shape index (κ1) is 18.2. The van der Waals surface area contributed by atoms with Crippen LogP contribution in [0.4, 0.5) is 4.39 Å². The fraction of sp³-hybridized carbons (Fsp3) is 0.650. The Labute approximate surface area is 150 Å². The monoisotopic (exact) mass is 346 g/mol. The third-order valence-electron chi connectivity index (χ3n) is 5.55. The van der Waals surface area contributed by atoms with E-state index < -0.39 is 0 Å². The molecule has 3 rings (SSSR count). The van der Waals surface area contributed by atoms with Gasteiger partial charge in [-0.25, -0.2) is 4.39 Å². The van der Waals surface area contributed by atoms with E-state index in [0.29, 0.717) is 5.92 Å². The molecule has 1 aliphatic carbocycles. The summed E-state index contributed by atoms with van der Waals surface area (Å²) in [5.41, 5.74) is 1.12. The smallest absolute Gasteiger partial charge is 0.191 e. The highest BCUT2D eigenvalue weighted by Crippen LogP contribution is 2.48. The standard InChI is InChI=1S/C20H31FN4/c1-3-22-19(23-13-16-8-11-25(4-2)14-16)24-15-20(9-10-20)17-6-5-7-18(21)12-17/h5-7,12,16H,3-4,8-11,13-15H2,1-2H3,(H2,22,23,24). The number of nitrogens with one attached hydrogen (secondary N) is 2. The Morgan fingerprint density at radius 3 is 2.80 bits per heavy atom. The Balaban J connectivity index is 1.57. The number of halogens is 1. The van der Waals surface area contributed by atoms with Gasteiger partial charge in [-0.3, -0.25) is 4.99 Å². The van der Waals surface area contributed by atoms with Gasteiger partial charge in [0.2, 0.25) is 0 Å². The van der Waals surface area contributed by atoms with Gasteiger partial charge in [0.1, 0.15) is 5.82 Å². The molecule has 0 aromatic heterocycles. The Kier molecular flexibility index (Phi) is 5.94. The highest BCUT2D eigenvalue weighted by molar-refractivity contribution is 5.79. The highest BCUT2D eigenvalue weighted by Gasteiger charge is 2.44. The molecule has 1 heterocycles. The summed E-state index contributed by atoms with van der Waals surface area (Å²) in [5.74, 6) is 1.43. The van der Waals surface area contributed by atoms with Crippen LogP contribution in [-0.2, 0) is 5.41 Å². The van der Waals surface area contributed by atoms with E-state index in [2.05, 4.69) is 29.4 Å². The second-order valence-corrected chi connectivity index (χ2v) is 7.41. The van der Waals surface area contributed by atoms with E-state index in [1.165, 1.54) is 25.6 Å². The van der Waals surface area contributed by atoms with Crippen LogP contribution in [-0.4, -0.2) is 50.1 Å². The van der Waals surface area contributed by atoms with E-state index in [1.807, 2.05) is 6.07 Å². The highest BCUT2D eigenvalue weighted by atomic mass is 19.1. The number of guanidine groups is 1. The maximum atomic E-state index is 13.5. The van der Waals surface area contributed by atoms with Crippen LogP contribution in [0.2, 0.25) is 0 Å². The van der Waals surface area contributed by atoms with Crippen LogP contribution in [0.1, 0.15) is 38.7 Å². The summed E-state index contributed by atoms with van der Waals surface area (Å²) in [6.45, 7) is 10.4. The van der Waals surface area contributed by atoms with Crippen molar-refractivity contribution in [2.75, 3.05) is 39.3 Å². The number of hydrogen-bond acceptors (Lipinski definition) is 2. The van der Waals surface area contributed by atoms with Gasteiger partial charge < -0.3 is 15.5 Å². The Morgan fingerprint density at radius 2 is 2.16 bits per heavy atom. The van der Waals surface area contributed by atoms with Gasteiger partial charge in [-0.1, -0.05) is 19.1 Å². The van der Waals surface area contributed by atoms with Gasteiger partial charge >= 0.3 is 0 Å². The molecular formula is C20H31FN4. The van der Waals surface area contributed by atoms with Gasteiger partial charge in [-0.15, -0.1) is 0 Å². The maximum Gasteiger partial charge on any atom is 0.191 e. The molecule has 5 heteroatoms. The quantitative estimate of drug-likeness (QED) is 0.589. The second kappa shape index (κ2) is 8.17. The van der Waals surface area contributed by atoms with Crippen molar-refractivity contribution >= 4 is 5.96 Å². The zero-order chi connectivity index (χ0) is 17.7. The van der Waals surface area contributed by atoms with Gasteiger partial charge in [-0.2, -0.15) is 0 Å². The molecule has 0 amide bonds. The molecule has 1 aliphatic heterocycles. The first-order chi connectivity index (χ1) is 12.1. The lowest BCUT2D eigenvalue weighted by Crippen LogP contribution is -2.40. The van der Waals surface area contributed by atoms with Crippen LogP contribution in [0.3, 0.4) is 0 Å². The van der Waals surface area contributed by atoms with Crippen LogP contribution in [0, 0.1) is 11.7 Å². The fourth-order valence-corrected chi connectivity index (χ4v) is 3.69. The Morgan fingerprint density at radius 1 is 1.32 bits per heavy atom. The minimum Gasteiger partial charge on any atom is -0.357 e. The van der Waals surface area contributed by atoms with Crippen molar-refractivity contribution in [3.63, 3.8) is 0 Å². The van der Waals surface area contributed by atoms with Crippen LogP contribution < -0.4 is 10.6 Å². The van der Waals surface area contributed by atoms with Crippen LogP contribution in [0.15, 0.2) is 29.3 Å². The molecule has 1 unspecified atom stereocenters. The Hall–Kier alpha value is -1.62. The molecule has 2 fully saturated rings. The predicted molar refractivity (Wildman–Crippen MR) is 102 cm³/mol. The number of nitrogens with zero attached hydrogens (tertiary/aromatic N) is 2. The summed E-state index contributed by atoms with van der Waals surface area (Å²) < 4.78 is 13.5. The third kappa shape index (κ3) is 4.72. The molecule has 2 aliphatic rings. The van der Waals surface area contributed by atoms with Crippen molar-refractivity contribution in [2.45, 2.75) is 38.5 Å². The van der Waals surface area contributed by atoms with Crippen molar-refractivity contribution in [1.82, 2.24) is 15.5 Å². The Bertz CT molecular complexity index is 597. The van der Waals surface area contributed by atoms with E-state index in [-0.39, 0.29) is 11.2 Å². The second-order valence-electron chi connectivity index (χ2n) is 7.41. The van der Waals surface area contributed by atoms with Gasteiger partial charge in [0, 0.05) is 25.0 Å². The lowest BCUT2D eigenvalue weighted by molar-refractivity contribution is 0.342. The molecule has 4 nitrogen and oxygen atoms in total. The molecule has 1 saturated carbocycles. The summed E-state index contributed by atoms with van der Waals surface area (Å²) in [4.78, 5) is 7.31. The van der Waals surface area contributed by atoms with E-state index >= 15 is 0 Å². The van der Waals surface area contributed by atoms with E-state index in [1.54, 1.807) is 12.1 Å². The van der Waals surface area contributed by atoms with Gasteiger partial charge in [0.15, 0.2) is 5.96 Å². The third-order valence-corrected chi connectivity index (χ3v) is 5.55. The molecule has 1 atom stereocenters. The molecule has 1 saturated heterocycles. The van der Waals surface area contributed by atoms with Crippen molar-refractivity contribution in [3.8, 4) is 0 Å². The van der Waals surface area contributed by atoms with Gasteiger partial charge in [-0.05, 0) is 62.9 Å². The first-order valence-electron chi connectivity index (χ1n) is 9.66. The number of likely N-dealkylation sites (tertiary alicyclic amines) is 1. The predicted octanol–water partition coefficient (Wildman–Crippen LogP) is 2.75. The van der Waals surface area contributed by atoms with Crippen molar-refractivity contribution < 1.29 is 4.39 Å². The van der Waals surface area contributed by atoms with Crippen LogP contribution in [0.5, 0.6) is 0 Å². The molecular weight excluding hydrogens is 315 g/mol. The summed E-state index contributed by atoms with van der Waals surface area (Å²) in [6.07, 6.45) is 3.44. The molecule has 1 aromatic rings. The van der Waals surface area contributed by atoms with Crippen molar-refractivity contribution in [3.05, 3.63) is 35.6 Å². The number of benzene rings is 1. The molecule has 0 spiro atoms. The van der Waals surface area contributed by atoms with Crippen molar-refractivity contribution in [1.29, 1.82) is 0 Å². The molecule has 138 valence electrons. The minimum atomic E-state index is -0.153. The molecule has 25 heavy (non-hydrogen) atoms. The number of aliphatic imine (C=N–C) groups is 1. The van der Waals surface area contributed by atoms with Gasteiger partial charge in [0.05, 0.1) is 6.54 Å². The first-order valence-corrected chi connectivity index (χ1v) is 9.66. The zero-order valence-corrected chi connectivity index (χ0v) is 15.5. The SMILES string of the molecule is CCNC(=NCC1(c2cccc(F)c2)CC1)NCC1CCN(CC)C1. The number of hydrogen-bond donors (Lipinski definition) is 2. The molecule has 0 radical (unpaired) electrons. The fourth-order valence-electron chi connectivity index (χ4n) is 3.69. The summed E-state index contributed by atoms with van der Waals surface area (Å²) in [6, 6.07) is 7.01.